The number of benzene rings is 1. The van der Waals surface area contributed by atoms with Gasteiger partial charge in [0.15, 0.2) is 0 Å². The summed E-state index contributed by atoms with van der Waals surface area (Å²) in [5.41, 5.74) is 6.60. The predicted molar refractivity (Wildman–Crippen MR) is 63.6 cm³/mol. The SMILES string of the molecule is CCCC[NH-].[Cl-].[Cl-].[Ti+4].c1ccc2[cH-]ccc2c1. The number of hydrogen-bond acceptors (Lipinski definition) is 0. The Balaban J connectivity index is -0.000000222. The van der Waals surface area contributed by atoms with Gasteiger partial charge in [-0.2, -0.15) is 24.1 Å². The van der Waals surface area contributed by atoms with Crippen molar-refractivity contribution in [1.29, 1.82) is 0 Å². The maximum absolute atomic E-state index is 6.60. The Bertz CT molecular complexity index is 331. The molecule has 0 spiro atoms. The van der Waals surface area contributed by atoms with E-state index < -0.39 is 0 Å². The number of rotatable bonds is 2. The van der Waals surface area contributed by atoms with Gasteiger partial charge in [-0.3, -0.25) is 0 Å². The van der Waals surface area contributed by atoms with Gasteiger partial charge in [0.25, 0.3) is 0 Å². The zero-order valence-corrected chi connectivity index (χ0v) is 13.0. The van der Waals surface area contributed by atoms with E-state index in [1.165, 1.54) is 10.8 Å². The van der Waals surface area contributed by atoms with Crippen molar-refractivity contribution in [3.05, 3.63) is 48.2 Å². The minimum absolute atomic E-state index is 0. The molecule has 0 aromatic heterocycles. The molecule has 0 amide bonds. The molecular formula is C13H17Cl2NTi. The van der Waals surface area contributed by atoms with E-state index in [0.717, 1.165) is 12.8 Å². The molecule has 0 bridgehead atoms. The summed E-state index contributed by atoms with van der Waals surface area (Å²) in [4.78, 5) is 0. The first-order valence-corrected chi connectivity index (χ1v) is 5.13. The molecule has 1 nitrogen and oxygen atoms in total. The zero-order valence-electron chi connectivity index (χ0n) is 9.92. The number of unbranched alkanes of at least 4 members (excludes halogenated alkanes) is 1. The number of hydrogen-bond donors (Lipinski definition) is 0. The summed E-state index contributed by atoms with van der Waals surface area (Å²) in [6, 6.07) is 14.7. The third kappa shape index (κ3) is 8.76. The van der Waals surface area contributed by atoms with E-state index >= 15 is 0 Å². The maximum Gasteiger partial charge on any atom is 4.00 e. The normalized spacial score (nSPS) is 7.88. The Hall–Kier alpha value is 0.0843. The van der Waals surface area contributed by atoms with Crippen LogP contribution in [0, 0.1) is 0 Å². The number of halogens is 2. The second-order valence-electron chi connectivity index (χ2n) is 3.26. The van der Waals surface area contributed by atoms with Crippen molar-refractivity contribution in [2.24, 2.45) is 0 Å². The molecule has 0 unspecified atom stereocenters. The minimum Gasteiger partial charge on any atom is -1.00 e. The summed E-state index contributed by atoms with van der Waals surface area (Å²) in [6.45, 7) is 2.69. The standard InChI is InChI=1S/C9H7.C4H10N.2ClH.Ti/c1-2-5-9-7-3-6-8(9)4-1;1-2-3-4-5;;;/h1-7H;5H,2-4H2,1H3;2*1H;/q2*-1;;;+4/p-2. The van der Waals surface area contributed by atoms with Gasteiger partial charge in [-0.25, -0.2) is 0 Å². The van der Waals surface area contributed by atoms with E-state index in [-0.39, 0.29) is 46.5 Å². The van der Waals surface area contributed by atoms with E-state index in [0.29, 0.717) is 6.54 Å². The monoisotopic (exact) mass is 305 g/mol. The Morgan fingerprint density at radius 2 is 1.76 bits per heavy atom. The Morgan fingerprint density at radius 1 is 1.12 bits per heavy atom. The molecule has 0 aliphatic rings. The third-order valence-electron chi connectivity index (χ3n) is 2.08. The Labute approximate surface area is 131 Å². The van der Waals surface area contributed by atoms with Crippen molar-refractivity contribution in [2.45, 2.75) is 19.8 Å². The third-order valence-corrected chi connectivity index (χ3v) is 2.08. The molecule has 0 aliphatic carbocycles. The molecule has 0 saturated carbocycles. The summed E-state index contributed by atoms with van der Waals surface area (Å²) in [5.74, 6) is 0. The second-order valence-corrected chi connectivity index (χ2v) is 3.26. The van der Waals surface area contributed by atoms with Gasteiger partial charge in [0.05, 0.1) is 0 Å². The first-order chi connectivity index (χ1) is 6.88. The summed E-state index contributed by atoms with van der Waals surface area (Å²) in [7, 11) is 0. The molecule has 92 valence electrons. The molecule has 17 heavy (non-hydrogen) atoms. The Kier molecular flexibility index (Phi) is 18.5. The molecule has 1 N–H and O–H groups in total. The molecule has 4 heteroatoms. The van der Waals surface area contributed by atoms with Crippen molar-refractivity contribution < 1.29 is 46.5 Å². The topological polar surface area (TPSA) is 23.8 Å². The van der Waals surface area contributed by atoms with Crippen molar-refractivity contribution in [1.82, 2.24) is 0 Å². The van der Waals surface area contributed by atoms with E-state index in [1.807, 2.05) is 0 Å². The average molecular weight is 306 g/mol. The van der Waals surface area contributed by atoms with Crippen molar-refractivity contribution in [3.63, 3.8) is 0 Å². The van der Waals surface area contributed by atoms with E-state index in [9.17, 15) is 0 Å². The molecular weight excluding hydrogens is 289 g/mol. The van der Waals surface area contributed by atoms with Crippen LogP contribution in [0.1, 0.15) is 19.8 Å². The van der Waals surface area contributed by atoms with Crippen LogP contribution < -0.4 is 24.8 Å². The molecule has 2 rings (SSSR count). The fourth-order valence-corrected chi connectivity index (χ4v) is 1.25. The maximum atomic E-state index is 6.60. The van der Waals surface area contributed by atoms with Crippen LogP contribution in [0.4, 0.5) is 0 Å². The van der Waals surface area contributed by atoms with E-state index in [2.05, 4.69) is 49.4 Å². The van der Waals surface area contributed by atoms with Crippen LogP contribution in [0.2, 0.25) is 0 Å². The van der Waals surface area contributed by atoms with Gasteiger partial charge in [-0.1, -0.05) is 25.8 Å². The molecule has 0 saturated heterocycles. The van der Waals surface area contributed by atoms with Crippen molar-refractivity contribution in [3.8, 4) is 0 Å². The smallest absolute Gasteiger partial charge is 1.00 e. The Morgan fingerprint density at radius 3 is 2.24 bits per heavy atom. The van der Waals surface area contributed by atoms with Crippen LogP contribution in [0.5, 0.6) is 0 Å². The van der Waals surface area contributed by atoms with E-state index in [1.54, 1.807) is 0 Å². The van der Waals surface area contributed by atoms with Gasteiger partial charge in [-0.05, 0) is 0 Å². The molecule has 2 aromatic rings. The molecule has 0 fully saturated rings. The van der Waals surface area contributed by atoms with Crippen LogP contribution in [-0.2, 0) is 21.7 Å². The summed E-state index contributed by atoms with van der Waals surface area (Å²) in [6.07, 6.45) is 2.21. The molecule has 0 heterocycles. The van der Waals surface area contributed by atoms with Crippen molar-refractivity contribution in [2.75, 3.05) is 6.54 Å². The fraction of sp³-hybridized carbons (Fsp3) is 0.308. The molecule has 0 aliphatic heterocycles. The van der Waals surface area contributed by atoms with Crippen molar-refractivity contribution >= 4 is 10.8 Å². The molecule has 0 radical (unpaired) electrons. The van der Waals surface area contributed by atoms with Gasteiger partial charge in [0.1, 0.15) is 0 Å². The van der Waals surface area contributed by atoms with Crippen LogP contribution in [-0.4, -0.2) is 6.54 Å². The van der Waals surface area contributed by atoms with Gasteiger partial charge in [-0.15, -0.1) is 29.7 Å². The van der Waals surface area contributed by atoms with Gasteiger partial charge >= 0.3 is 21.7 Å². The second kappa shape index (κ2) is 14.1. The molecule has 2 aromatic carbocycles. The zero-order chi connectivity index (χ0) is 10.2. The van der Waals surface area contributed by atoms with Crippen LogP contribution >= 0.6 is 0 Å². The quantitative estimate of drug-likeness (QED) is 0.472. The fourth-order valence-electron chi connectivity index (χ4n) is 1.25. The summed E-state index contributed by atoms with van der Waals surface area (Å²) < 4.78 is 0. The van der Waals surface area contributed by atoms with Gasteiger partial charge < -0.3 is 30.5 Å². The van der Waals surface area contributed by atoms with Gasteiger partial charge in [0.2, 0.25) is 0 Å². The minimum atomic E-state index is 0. The van der Waals surface area contributed by atoms with Gasteiger partial charge in [0, 0.05) is 0 Å². The number of nitrogens with one attached hydrogen (secondary N) is 1. The van der Waals surface area contributed by atoms with Crippen LogP contribution in [0.15, 0.2) is 42.5 Å². The van der Waals surface area contributed by atoms with Crippen LogP contribution in [0.3, 0.4) is 0 Å². The number of fused-ring (bicyclic) bond motifs is 1. The first-order valence-electron chi connectivity index (χ1n) is 5.13. The molecule has 0 atom stereocenters. The first kappa shape index (κ1) is 22.3. The predicted octanol–water partition coefficient (Wildman–Crippen LogP) is -1.60. The average Bonchev–Trinajstić information content (AvgIpc) is 2.67. The van der Waals surface area contributed by atoms with Crippen LogP contribution in [0.25, 0.3) is 16.5 Å². The largest absolute Gasteiger partial charge is 4.00 e. The van der Waals surface area contributed by atoms with E-state index in [4.69, 9.17) is 5.73 Å². The summed E-state index contributed by atoms with van der Waals surface area (Å²) in [5, 5.41) is 2.66. The summed E-state index contributed by atoms with van der Waals surface area (Å²) >= 11 is 0.